The van der Waals surface area contributed by atoms with E-state index in [2.05, 4.69) is 45.1 Å². The molecule has 0 spiro atoms. The standard InChI is InChI=1S/C12H16IN3OS/c1-2-3-4-5-11(17)16-12(18)15-10-7-6-9(13)8-14-10/h6-8H,2-5H2,1H3,(H2,14,15,16,17,18). The quantitative estimate of drug-likeness (QED) is 0.471. The van der Waals surface area contributed by atoms with Crippen LogP contribution >= 0.6 is 34.8 Å². The van der Waals surface area contributed by atoms with Gasteiger partial charge in [-0.05, 0) is 53.4 Å². The highest BCUT2D eigenvalue weighted by atomic mass is 127. The average molecular weight is 377 g/mol. The summed E-state index contributed by atoms with van der Waals surface area (Å²) in [6.45, 7) is 2.10. The molecule has 0 saturated carbocycles. The van der Waals surface area contributed by atoms with Crippen molar-refractivity contribution in [1.82, 2.24) is 10.3 Å². The fourth-order valence-corrected chi connectivity index (χ4v) is 1.86. The van der Waals surface area contributed by atoms with Crippen molar-refractivity contribution in [2.45, 2.75) is 32.6 Å². The van der Waals surface area contributed by atoms with E-state index in [0.29, 0.717) is 17.4 Å². The average Bonchev–Trinajstić information content (AvgIpc) is 2.32. The molecule has 0 bridgehead atoms. The summed E-state index contributed by atoms with van der Waals surface area (Å²) in [5, 5.41) is 5.81. The molecule has 0 aliphatic carbocycles. The zero-order valence-corrected chi connectivity index (χ0v) is 13.2. The van der Waals surface area contributed by atoms with Crippen molar-refractivity contribution in [2.75, 3.05) is 5.32 Å². The zero-order valence-electron chi connectivity index (χ0n) is 10.2. The Morgan fingerprint density at radius 3 is 2.83 bits per heavy atom. The van der Waals surface area contributed by atoms with Crippen LogP contribution in [0.2, 0.25) is 0 Å². The third-order valence-electron chi connectivity index (χ3n) is 2.23. The van der Waals surface area contributed by atoms with Crippen LogP contribution in [0.5, 0.6) is 0 Å². The van der Waals surface area contributed by atoms with Gasteiger partial charge in [-0.2, -0.15) is 0 Å². The summed E-state index contributed by atoms with van der Waals surface area (Å²) in [7, 11) is 0. The maximum absolute atomic E-state index is 11.5. The number of unbranched alkanes of at least 4 members (excludes halogenated alkanes) is 2. The number of hydrogen-bond acceptors (Lipinski definition) is 3. The van der Waals surface area contributed by atoms with Crippen LogP contribution in [0.4, 0.5) is 5.82 Å². The second-order valence-electron chi connectivity index (χ2n) is 3.82. The minimum atomic E-state index is -0.0496. The SMILES string of the molecule is CCCCCC(=O)NC(=S)Nc1ccc(I)cn1. The molecule has 18 heavy (non-hydrogen) atoms. The summed E-state index contributed by atoms with van der Waals surface area (Å²) in [4.78, 5) is 15.7. The predicted octanol–water partition coefficient (Wildman–Crippen LogP) is 3.08. The lowest BCUT2D eigenvalue weighted by atomic mass is 10.2. The number of carbonyl (C=O) groups is 1. The molecule has 2 N–H and O–H groups in total. The molecule has 1 heterocycles. The lowest BCUT2D eigenvalue weighted by molar-refractivity contribution is -0.119. The molecule has 0 aromatic carbocycles. The third kappa shape index (κ3) is 6.25. The molecule has 1 rings (SSSR count). The molecule has 0 unspecified atom stereocenters. The number of anilines is 1. The van der Waals surface area contributed by atoms with Crippen molar-refractivity contribution >= 4 is 51.6 Å². The van der Waals surface area contributed by atoms with E-state index in [4.69, 9.17) is 12.2 Å². The first kappa shape index (κ1) is 15.3. The minimum Gasteiger partial charge on any atom is -0.317 e. The molecule has 0 atom stereocenters. The molecule has 0 aliphatic heterocycles. The molecule has 6 heteroatoms. The number of pyridine rings is 1. The summed E-state index contributed by atoms with van der Waals surface area (Å²) in [5.41, 5.74) is 0. The van der Waals surface area contributed by atoms with Crippen LogP contribution in [0.3, 0.4) is 0 Å². The Morgan fingerprint density at radius 2 is 2.22 bits per heavy atom. The summed E-state index contributed by atoms with van der Waals surface area (Å²) in [5.74, 6) is 0.584. The molecule has 0 radical (unpaired) electrons. The van der Waals surface area contributed by atoms with Gasteiger partial charge < -0.3 is 10.6 Å². The Hall–Kier alpha value is -0.760. The Morgan fingerprint density at radius 1 is 1.44 bits per heavy atom. The van der Waals surface area contributed by atoms with Crippen LogP contribution in [0, 0.1) is 3.57 Å². The topological polar surface area (TPSA) is 54.0 Å². The smallest absolute Gasteiger partial charge is 0.226 e. The van der Waals surface area contributed by atoms with Gasteiger partial charge in [0.25, 0.3) is 0 Å². The van der Waals surface area contributed by atoms with Crippen molar-refractivity contribution in [3.8, 4) is 0 Å². The lowest BCUT2D eigenvalue weighted by Gasteiger charge is -2.08. The van der Waals surface area contributed by atoms with Crippen LogP contribution in [0.15, 0.2) is 18.3 Å². The summed E-state index contributed by atoms with van der Waals surface area (Å²) >= 11 is 7.21. The van der Waals surface area contributed by atoms with Gasteiger partial charge in [-0.1, -0.05) is 19.8 Å². The van der Waals surface area contributed by atoms with Crippen molar-refractivity contribution in [3.63, 3.8) is 0 Å². The molecule has 0 aliphatic rings. The van der Waals surface area contributed by atoms with Crippen LogP contribution in [-0.4, -0.2) is 16.0 Å². The summed E-state index contributed by atoms with van der Waals surface area (Å²) in [6, 6.07) is 3.74. The van der Waals surface area contributed by atoms with Crippen molar-refractivity contribution in [1.29, 1.82) is 0 Å². The Bertz CT molecular complexity index is 408. The van der Waals surface area contributed by atoms with Crippen LogP contribution < -0.4 is 10.6 Å². The van der Waals surface area contributed by atoms with E-state index in [-0.39, 0.29) is 5.91 Å². The van der Waals surface area contributed by atoms with Gasteiger partial charge in [-0.25, -0.2) is 4.98 Å². The number of rotatable bonds is 5. The second kappa shape index (κ2) is 8.36. The molecule has 4 nitrogen and oxygen atoms in total. The van der Waals surface area contributed by atoms with E-state index < -0.39 is 0 Å². The number of hydrogen-bond donors (Lipinski definition) is 2. The monoisotopic (exact) mass is 377 g/mol. The number of halogens is 1. The fourth-order valence-electron chi connectivity index (χ4n) is 1.32. The van der Waals surface area contributed by atoms with E-state index in [9.17, 15) is 4.79 Å². The number of carbonyl (C=O) groups excluding carboxylic acids is 1. The molecule has 1 amide bonds. The van der Waals surface area contributed by atoms with Gasteiger partial charge in [0.05, 0.1) is 0 Å². The van der Waals surface area contributed by atoms with Gasteiger partial charge >= 0.3 is 0 Å². The lowest BCUT2D eigenvalue weighted by Crippen LogP contribution is -2.34. The summed E-state index contributed by atoms with van der Waals surface area (Å²) in [6.07, 6.45) is 5.30. The van der Waals surface area contributed by atoms with Crippen LogP contribution in [-0.2, 0) is 4.79 Å². The van der Waals surface area contributed by atoms with Crippen molar-refractivity contribution < 1.29 is 4.79 Å². The largest absolute Gasteiger partial charge is 0.317 e. The third-order valence-corrected chi connectivity index (χ3v) is 3.07. The first-order valence-electron chi connectivity index (χ1n) is 5.84. The number of thiocarbonyl (C=S) groups is 1. The van der Waals surface area contributed by atoms with Gasteiger partial charge in [-0.3, -0.25) is 4.79 Å². The molecule has 1 aromatic rings. The van der Waals surface area contributed by atoms with Gasteiger partial charge in [0.15, 0.2) is 5.11 Å². The van der Waals surface area contributed by atoms with E-state index in [0.717, 1.165) is 22.8 Å². The maximum atomic E-state index is 11.5. The highest BCUT2D eigenvalue weighted by Gasteiger charge is 2.04. The van der Waals surface area contributed by atoms with Gasteiger partial charge in [0.2, 0.25) is 5.91 Å². The van der Waals surface area contributed by atoms with Crippen LogP contribution in [0.25, 0.3) is 0 Å². The summed E-state index contributed by atoms with van der Waals surface area (Å²) < 4.78 is 1.05. The van der Waals surface area contributed by atoms with E-state index in [1.54, 1.807) is 6.20 Å². The normalized spacial score (nSPS) is 9.89. The fraction of sp³-hybridized carbons (Fsp3) is 0.417. The second-order valence-corrected chi connectivity index (χ2v) is 5.47. The molecule has 1 aromatic heterocycles. The Kier molecular flexibility index (Phi) is 7.11. The van der Waals surface area contributed by atoms with E-state index in [1.165, 1.54) is 0 Å². The molecule has 0 fully saturated rings. The Labute approximate surface area is 126 Å². The minimum absolute atomic E-state index is 0.0496. The highest BCUT2D eigenvalue weighted by molar-refractivity contribution is 14.1. The van der Waals surface area contributed by atoms with E-state index in [1.807, 2.05) is 12.1 Å². The first-order chi connectivity index (χ1) is 8.61. The maximum Gasteiger partial charge on any atom is 0.226 e. The zero-order chi connectivity index (χ0) is 13.4. The molecule has 0 saturated heterocycles. The number of aromatic nitrogens is 1. The van der Waals surface area contributed by atoms with Crippen molar-refractivity contribution in [3.05, 3.63) is 21.9 Å². The van der Waals surface area contributed by atoms with Gasteiger partial charge in [-0.15, -0.1) is 0 Å². The molecular weight excluding hydrogens is 361 g/mol. The molecule has 98 valence electrons. The number of nitrogens with one attached hydrogen (secondary N) is 2. The highest BCUT2D eigenvalue weighted by Crippen LogP contribution is 2.06. The number of amides is 1. The van der Waals surface area contributed by atoms with Crippen molar-refractivity contribution in [2.24, 2.45) is 0 Å². The Balaban J connectivity index is 2.32. The van der Waals surface area contributed by atoms with Gasteiger partial charge in [0.1, 0.15) is 5.82 Å². The van der Waals surface area contributed by atoms with Gasteiger partial charge in [0, 0.05) is 16.2 Å². The van der Waals surface area contributed by atoms with Crippen LogP contribution in [0.1, 0.15) is 32.6 Å². The predicted molar refractivity (Wildman–Crippen MR) is 85.5 cm³/mol. The number of nitrogens with zero attached hydrogens (tertiary/aromatic N) is 1. The molecular formula is C12H16IN3OS. The van der Waals surface area contributed by atoms with E-state index >= 15 is 0 Å². The first-order valence-corrected chi connectivity index (χ1v) is 7.33.